The van der Waals surface area contributed by atoms with Crippen LogP contribution in [-0.2, 0) is 4.79 Å². The van der Waals surface area contributed by atoms with Gasteiger partial charge in [-0.1, -0.05) is 24.3 Å². The van der Waals surface area contributed by atoms with E-state index in [1.807, 2.05) is 31.2 Å². The number of carbonyl (C=O) groups excluding carboxylic acids is 2. The molecule has 0 fully saturated rings. The minimum atomic E-state index is -0.260. The first kappa shape index (κ1) is 15.5. The minimum Gasteiger partial charge on any atom is -0.343 e. The molecule has 0 saturated heterocycles. The van der Waals surface area contributed by atoms with Gasteiger partial charge in [0.1, 0.15) is 0 Å². The molecule has 0 spiro atoms. The summed E-state index contributed by atoms with van der Waals surface area (Å²) in [4.78, 5) is 23.6. The van der Waals surface area contributed by atoms with Crippen LogP contribution in [0.3, 0.4) is 0 Å². The predicted octanol–water partition coefficient (Wildman–Crippen LogP) is 2.97. The van der Waals surface area contributed by atoms with E-state index in [0.717, 1.165) is 14.8 Å². The van der Waals surface area contributed by atoms with E-state index in [9.17, 15) is 9.59 Å². The van der Waals surface area contributed by atoms with Gasteiger partial charge in [-0.25, -0.2) is 0 Å². The molecule has 0 heterocycles. The summed E-state index contributed by atoms with van der Waals surface area (Å²) in [6.07, 6.45) is 0. The number of rotatable bonds is 4. The maximum absolute atomic E-state index is 11.8. The zero-order valence-electron chi connectivity index (χ0n) is 11.5. The topological polar surface area (TPSA) is 58.2 Å². The molecule has 0 aromatic heterocycles. The molecule has 2 N–H and O–H groups in total. The maximum Gasteiger partial charge on any atom is 0.251 e. The van der Waals surface area contributed by atoms with Crippen molar-refractivity contribution in [2.45, 2.75) is 6.92 Å². The second-order valence-corrected chi connectivity index (χ2v) is 5.72. The van der Waals surface area contributed by atoms with E-state index in [0.29, 0.717) is 5.56 Å². The molecule has 4 nitrogen and oxygen atoms in total. The molecular weight excluding hydrogens is 379 g/mol. The van der Waals surface area contributed by atoms with Gasteiger partial charge in [-0.15, -0.1) is 0 Å². The largest absolute Gasteiger partial charge is 0.343 e. The highest BCUT2D eigenvalue weighted by Gasteiger charge is 2.08. The third kappa shape index (κ3) is 4.56. The lowest BCUT2D eigenvalue weighted by molar-refractivity contribution is -0.115. The number of anilines is 1. The number of halogens is 1. The number of benzene rings is 2. The van der Waals surface area contributed by atoms with E-state index in [4.69, 9.17) is 0 Å². The highest BCUT2D eigenvalue weighted by Crippen LogP contribution is 2.16. The van der Waals surface area contributed by atoms with E-state index in [-0.39, 0.29) is 18.4 Å². The van der Waals surface area contributed by atoms with Gasteiger partial charge >= 0.3 is 0 Å². The van der Waals surface area contributed by atoms with Crippen LogP contribution >= 0.6 is 22.6 Å². The summed E-state index contributed by atoms with van der Waals surface area (Å²) in [5, 5.41) is 5.35. The Bertz CT molecular complexity index is 657. The van der Waals surface area contributed by atoms with Gasteiger partial charge in [0, 0.05) is 14.8 Å². The molecule has 2 amide bonds. The van der Waals surface area contributed by atoms with Crippen molar-refractivity contribution < 1.29 is 9.59 Å². The fourth-order valence-corrected chi connectivity index (χ4v) is 2.24. The number of hydrogen-bond donors (Lipinski definition) is 2. The van der Waals surface area contributed by atoms with Crippen molar-refractivity contribution in [3.63, 3.8) is 0 Å². The molecular formula is C16H15IN2O2. The highest BCUT2D eigenvalue weighted by atomic mass is 127. The van der Waals surface area contributed by atoms with Gasteiger partial charge in [-0.05, 0) is 59.3 Å². The van der Waals surface area contributed by atoms with Gasteiger partial charge < -0.3 is 10.6 Å². The summed E-state index contributed by atoms with van der Waals surface area (Å²) in [6.45, 7) is 1.95. The molecule has 0 atom stereocenters. The van der Waals surface area contributed by atoms with Gasteiger partial charge in [-0.2, -0.15) is 0 Å². The second kappa shape index (κ2) is 7.21. The monoisotopic (exact) mass is 394 g/mol. The molecule has 108 valence electrons. The predicted molar refractivity (Wildman–Crippen MR) is 91.3 cm³/mol. The van der Waals surface area contributed by atoms with Crippen molar-refractivity contribution in [2.24, 2.45) is 0 Å². The Hall–Kier alpha value is -1.89. The fourth-order valence-electron chi connectivity index (χ4n) is 1.73. The molecule has 21 heavy (non-hydrogen) atoms. The number of nitrogens with one attached hydrogen (secondary N) is 2. The molecule has 5 heteroatoms. The molecule has 2 rings (SSSR count). The normalized spacial score (nSPS) is 10.0. The van der Waals surface area contributed by atoms with Crippen LogP contribution in [0.5, 0.6) is 0 Å². The Morgan fingerprint density at radius 1 is 1.10 bits per heavy atom. The first-order chi connectivity index (χ1) is 10.1. The van der Waals surface area contributed by atoms with Crippen LogP contribution in [-0.4, -0.2) is 18.4 Å². The average Bonchev–Trinajstić information content (AvgIpc) is 2.49. The van der Waals surface area contributed by atoms with Crippen LogP contribution in [0.4, 0.5) is 5.69 Å². The van der Waals surface area contributed by atoms with Gasteiger partial charge in [0.05, 0.1) is 6.54 Å². The van der Waals surface area contributed by atoms with Crippen molar-refractivity contribution in [1.82, 2.24) is 5.32 Å². The van der Waals surface area contributed by atoms with Crippen molar-refractivity contribution >= 4 is 40.1 Å². The first-order valence-corrected chi connectivity index (χ1v) is 7.53. The van der Waals surface area contributed by atoms with Crippen LogP contribution < -0.4 is 10.6 Å². The van der Waals surface area contributed by atoms with Crippen LogP contribution in [0, 0.1) is 10.5 Å². The van der Waals surface area contributed by atoms with Crippen molar-refractivity contribution in [2.75, 3.05) is 11.9 Å². The molecule has 0 saturated carbocycles. The molecule has 0 aliphatic carbocycles. The zero-order chi connectivity index (χ0) is 15.2. The maximum atomic E-state index is 11.8. The number of amides is 2. The number of aryl methyl sites for hydroxylation is 1. The van der Waals surface area contributed by atoms with E-state index < -0.39 is 0 Å². The van der Waals surface area contributed by atoms with E-state index in [1.165, 1.54) is 0 Å². The lowest BCUT2D eigenvalue weighted by Crippen LogP contribution is -2.32. The third-order valence-electron chi connectivity index (χ3n) is 2.90. The van der Waals surface area contributed by atoms with Crippen LogP contribution in [0.25, 0.3) is 0 Å². The standard InChI is InChI=1S/C16H15IN2O2/c1-11-7-8-13(9-14(11)17)19-15(20)10-18-16(21)12-5-3-2-4-6-12/h2-9H,10H2,1H3,(H,18,21)(H,19,20). The Morgan fingerprint density at radius 2 is 1.81 bits per heavy atom. The smallest absolute Gasteiger partial charge is 0.251 e. The summed E-state index contributed by atoms with van der Waals surface area (Å²) in [5.74, 6) is -0.511. The average molecular weight is 394 g/mol. The molecule has 0 aliphatic heterocycles. The molecule has 0 radical (unpaired) electrons. The number of hydrogen-bond acceptors (Lipinski definition) is 2. The van der Waals surface area contributed by atoms with E-state index >= 15 is 0 Å². The van der Waals surface area contributed by atoms with Crippen LogP contribution in [0.1, 0.15) is 15.9 Å². The first-order valence-electron chi connectivity index (χ1n) is 6.45. The molecule has 0 aliphatic rings. The fraction of sp³-hybridized carbons (Fsp3) is 0.125. The lowest BCUT2D eigenvalue weighted by atomic mass is 10.2. The van der Waals surface area contributed by atoms with Gasteiger partial charge in [0.15, 0.2) is 0 Å². The van der Waals surface area contributed by atoms with Crippen LogP contribution in [0.2, 0.25) is 0 Å². The zero-order valence-corrected chi connectivity index (χ0v) is 13.7. The SMILES string of the molecule is Cc1ccc(NC(=O)CNC(=O)c2ccccc2)cc1I. The molecule has 2 aromatic rings. The summed E-state index contributed by atoms with van der Waals surface area (Å²) in [7, 11) is 0. The Labute approximate surface area is 137 Å². The number of carbonyl (C=O) groups is 2. The summed E-state index contributed by atoms with van der Waals surface area (Å²) in [5.41, 5.74) is 2.42. The van der Waals surface area contributed by atoms with Gasteiger partial charge in [0.25, 0.3) is 5.91 Å². The summed E-state index contributed by atoms with van der Waals surface area (Å²) in [6, 6.07) is 14.5. The van der Waals surface area contributed by atoms with E-state index in [2.05, 4.69) is 33.2 Å². The second-order valence-electron chi connectivity index (χ2n) is 4.56. The quantitative estimate of drug-likeness (QED) is 0.784. The van der Waals surface area contributed by atoms with Crippen molar-refractivity contribution in [1.29, 1.82) is 0 Å². The van der Waals surface area contributed by atoms with Crippen molar-refractivity contribution in [3.05, 3.63) is 63.2 Å². The minimum absolute atomic E-state index is 0.0574. The molecule has 2 aromatic carbocycles. The Kier molecular flexibility index (Phi) is 5.32. The van der Waals surface area contributed by atoms with Crippen LogP contribution in [0.15, 0.2) is 48.5 Å². The summed E-state index contributed by atoms with van der Waals surface area (Å²) < 4.78 is 1.08. The highest BCUT2D eigenvalue weighted by molar-refractivity contribution is 14.1. The van der Waals surface area contributed by atoms with E-state index in [1.54, 1.807) is 24.3 Å². The van der Waals surface area contributed by atoms with Gasteiger partial charge in [-0.3, -0.25) is 9.59 Å². The molecule has 0 bridgehead atoms. The Balaban J connectivity index is 1.87. The lowest BCUT2D eigenvalue weighted by Gasteiger charge is -2.08. The third-order valence-corrected chi connectivity index (χ3v) is 4.06. The summed E-state index contributed by atoms with van der Waals surface area (Å²) >= 11 is 2.22. The van der Waals surface area contributed by atoms with Gasteiger partial charge in [0.2, 0.25) is 5.91 Å². The molecule has 0 unspecified atom stereocenters. The van der Waals surface area contributed by atoms with Crippen molar-refractivity contribution in [3.8, 4) is 0 Å². The Morgan fingerprint density at radius 3 is 2.48 bits per heavy atom.